The molecule has 1 heterocycles. The van der Waals surface area contributed by atoms with Crippen molar-refractivity contribution < 1.29 is 19.1 Å². The zero-order chi connectivity index (χ0) is 22.2. The van der Waals surface area contributed by atoms with E-state index < -0.39 is 6.10 Å². The average Bonchev–Trinajstić information content (AvgIpc) is 3.18. The highest BCUT2D eigenvalue weighted by Crippen LogP contribution is 2.20. The van der Waals surface area contributed by atoms with E-state index in [0.29, 0.717) is 49.2 Å². The van der Waals surface area contributed by atoms with Gasteiger partial charge in [0.25, 0.3) is 0 Å². The summed E-state index contributed by atoms with van der Waals surface area (Å²) in [5.74, 6) is 0.139. The van der Waals surface area contributed by atoms with Crippen LogP contribution in [0.1, 0.15) is 31.4 Å². The van der Waals surface area contributed by atoms with Crippen molar-refractivity contribution in [2.75, 3.05) is 26.3 Å². The number of aliphatic hydroxyl groups is 1. The summed E-state index contributed by atoms with van der Waals surface area (Å²) in [6, 6.07) is 14.2. The number of aliphatic hydroxyl groups excluding tert-OH is 1. The quantitative estimate of drug-likeness (QED) is 0.549. The maximum absolute atomic E-state index is 14.2. The third-order valence-electron chi connectivity index (χ3n) is 4.95. The molecule has 2 atom stereocenters. The van der Waals surface area contributed by atoms with Gasteiger partial charge in [-0.2, -0.15) is 0 Å². The van der Waals surface area contributed by atoms with E-state index >= 15 is 0 Å². The van der Waals surface area contributed by atoms with Gasteiger partial charge in [0.1, 0.15) is 11.9 Å². The van der Waals surface area contributed by atoms with Crippen LogP contribution in [0.4, 0.5) is 4.39 Å². The Balaban J connectivity index is 1.61. The molecule has 2 aromatic rings. The van der Waals surface area contributed by atoms with Crippen LogP contribution in [0.3, 0.4) is 0 Å². The predicted molar refractivity (Wildman–Crippen MR) is 121 cm³/mol. The molecule has 0 fully saturated rings. The standard InChI is InChI=1S/C24H30ClFN2O3/c1-17(2)15-30-16-21(29)13-28(12-19-5-3-4-6-23(19)26)14-22-11-24(27-31-22)18-7-9-20(25)10-8-18/h3-10,17,21-22,29H,11-16H2,1-2H3/t21-,22-/m1/s1. The van der Waals surface area contributed by atoms with Crippen molar-refractivity contribution in [3.63, 3.8) is 0 Å². The molecule has 168 valence electrons. The summed E-state index contributed by atoms with van der Waals surface area (Å²) in [4.78, 5) is 7.64. The lowest BCUT2D eigenvalue weighted by molar-refractivity contribution is -0.00755. The lowest BCUT2D eigenvalue weighted by Crippen LogP contribution is -2.39. The zero-order valence-electron chi connectivity index (χ0n) is 18.0. The normalized spacial score (nSPS) is 17.1. The van der Waals surface area contributed by atoms with Crippen LogP contribution in [0.15, 0.2) is 53.7 Å². The first kappa shape index (κ1) is 23.7. The lowest BCUT2D eigenvalue weighted by Gasteiger charge is -2.27. The SMILES string of the molecule is CC(C)COC[C@H](O)CN(Cc1ccccc1F)C[C@H]1CC(c2ccc(Cl)cc2)=NO1. The van der Waals surface area contributed by atoms with E-state index in [1.807, 2.05) is 35.2 Å². The monoisotopic (exact) mass is 448 g/mol. The molecule has 0 aliphatic carbocycles. The molecule has 0 bridgehead atoms. The van der Waals surface area contributed by atoms with Gasteiger partial charge in [0.05, 0.1) is 18.4 Å². The zero-order valence-corrected chi connectivity index (χ0v) is 18.8. The largest absolute Gasteiger partial charge is 0.390 e. The summed E-state index contributed by atoms with van der Waals surface area (Å²) in [5.41, 5.74) is 2.40. The van der Waals surface area contributed by atoms with Crippen LogP contribution in [-0.2, 0) is 16.1 Å². The van der Waals surface area contributed by atoms with E-state index in [1.165, 1.54) is 6.07 Å². The number of ether oxygens (including phenoxy) is 1. The number of halogens is 2. The molecule has 0 amide bonds. The minimum Gasteiger partial charge on any atom is -0.390 e. The number of nitrogens with zero attached hydrogens (tertiary/aromatic N) is 2. The van der Waals surface area contributed by atoms with Crippen molar-refractivity contribution in [3.05, 3.63) is 70.5 Å². The highest BCUT2D eigenvalue weighted by molar-refractivity contribution is 6.30. The summed E-state index contributed by atoms with van der Waals surface area (Å²) in [6.07, 6.45) is -0.222. The van der Waals surface area contributed by atoms with Crippen LogP contribution in [0.5, 0.6) is 0 Å². The number of oxime groups is 1. The van der Waals surface area contributed by atoms with Gasteiger partial charge in [0, 0.05) is 43.2 Å². The molecule has 3 rings (SSSR count). The van der Waals surface area contributed by atoms with E-state index in [1.54, 1.807) is 12.1 Å². The first-order valence-corrected chi connectivity index (χ1v) is 11.0. The second-order valence-corrected chi connectivity index (χ2v) is 8.78. The third-order valence-corrected chi connectivity index (χ3v) is 5.21. The van der Waals surface area contributed by atoms with Gasteiger partial charge in [-0.25, -0.2) is 4.39 Å². The van der Waals surface area contributed by atoms with Crippen molar-refractivity contribution in [1.29, 1.82) is 0 Å². The molecule has 0 unspecified atom stereocenters. The number of rotatable bonds is 11. The van der Waals surface area contributed by atoms with Crippen LogP contribution in [0, 0.1) is 11.7 Å². The molecule has 1 aliphatic rings. The molecule has 1 N–H and O–H groups in total. The molecule has 1 aliphatic heterocycles. The molecule has 31 heavy (non-hydrogen) atoms. The Kier molecular flexibility index (Phi) is 8.84. The fourth-order valence-corrected chi connectivity index (χ4v) is 3.61. The highest BCUT2D eigenvalue weighted by Gasteiger charge is 2.26. The third kappa shape index (κ3) is 7.58. The van der Waals surface area contributed by atoms with Crippen molar-refractivity contribution in [2.24, 2.45) is 11.1 Å². The van der Waals surface area contributed by atoms with E-state index in [0.717, 1.165) is 11.3 Å². The Bertz CT molecular complexity index is 860. The smallest absolute Gasteiger partial charge is 0.145 e. The maximum atomic E-state index is 14.2. The second kappa shape index (κ2) is 11.6. The Morgan fingerprint density at radius 3 is 2.65 bits per heavy atom. The lowest BCUT2D eigenvalue weighted by atomic mass is 10.0. The molecule has 0 radical (unpaired) electrons. The topological polar surface area (TPSA) is 54.3 Å². The van der Waals surface area contributed by atoms with Crippen LogP contribution in [0.2, 0.25) is 5.02 Å². The molecule has 0 spiro atoms. The number of hydrogen-bond donors (Lipinski definition) is 1. The first-order valence-electron chi connectivity index (χ1n) is 10.6. The molecular formula is C24H30ClFN2O3. The average molecular weight is 449 g/mol. The molecule has 0 saturated carbocycles. The van der Waals surface area contributed by atoms with Crippen molar-refractivity contribution in [3.8, 4) is 0 Å². The molecule has 0 aromatic heterocycles. The second-order valence-electron chi connectivity index (χ2n) is 8.35. The van der Waals surface area contributed by atoms with Gasteiger partial charge in [-0.3, -0.25) is 4.90 Å². The fourth-order valence-electron chi connectivity index (χ4n) is 3.49. The van der Waals surface area contributed by atoms with E-state index in [4.69, 9.17) is 21.2 Å². The maximum Gasteiger partial charge on any atom is 0.145 e. The molecule has 2 aromatic carbocycles. The summed E-state index contributed by atoms with van der Waals surface area (Å²) in [5, 5.41) is 15.4. The van der Waals surface area contributed by atoms with Gasteiger partial charge >= 0.3 is 0 Å². The Hall–Kier alpha value is -1.99. The van der Waals surface area contributed by atoms with Crippen molar-refractivity contribution >= 4 is 17.3 Å². The number of benzene rings is 2. The molecule has 0 saturated heterocycles. The summed E-state index contributed by atoms with van der Waals surface area (Å²) < 4.78 is 19.8. The summed E-state index contributed by atoms with van der Waals surface area (Å²) >= 11 is 5.97. The van der Waals surface area contributed by atoms with Gasteiger partial charge in [0.2, 0.25) is 0 Å². The first-order chi connectivity index (χ1) is 14.9. The molecular weight excluding hydrogens is 419 g/mol. The minimum atomic E-state index is -0.677. The molecule has 7 heteroatoms. The van der Waals surface area contributed by atoms with Gasteiger partial charge in [-0.05, 0) is 29.7 Å². The van der Waals surface area contributed by atoms with Crippen molar-refractivity contribution in [1.82, 2.24) is 4.90 Å². The Labute approximate surface area is 188 Å². The fraction of sp³-hybridized carbons (Fsp3) is 0.458. The van der Waals surface area contributed by atoms with Crippen molar-refractivity contribution in [2.45, 2.75) is 39.0 Å². The summed E-state index contributed by atoms with van der Waals surface area (Å²) in [6.45, 7) is 6.18. The van der Waals surface area contributed by atoms with Gasteiger partial charge in [-0.15, -0.1) is 0 Å². The molecule has 5 nitrogen and oxygen atoms in total. The number of hydrogen-bond acceptors (Lipinski definition) is 5. The van der Waals surface area contributed by atoms with E-state index in [2.05, 4.69) is 19.0 Å². The Morgan fingerprint density at radius 1 is 1.19 bits per heavy atom. The van der Waals surface area contributed by atoms with Gasteiger partial charge in [-0.1, -0.05) is 60.9 Å². The van der Waals surface area contributed by atoms with Crippen LogP contribution < -0.4 is 0 Å². The van der Waals surface area contributed by atoms with E-state index in [-0.39, 0.29) is 18.5 Å². The van der Waals surface area contributed by atoms with Gasteiger partial charge in [0.15, 0.2) is 0 Å². The summed E-state index contributed by atoms with van der Waals surface area (Å²) in [7, 11) is 0. The van der Waals surface area contributed by atoms with Crippen LogP contribution >= 0.6 is 11.6 Å². The van der Waals surface area contributed by atoms with Gasteiger partial charge < -0.3 is 14.7 Å². The Morgan fingerprint density at radius 2 is 1.94 bits per heavy atom. The highest BCUT2D eigenvalue weighted by atomic mass is 35.5. The van der Waals surface area contributed by atoms with E-state index in [9.17, 15) is 9.50 Å². The van der Waals surface area contributed by atoms with Crippen LogP contribution in [0.25, 0.3) is 0 Å². The van der Waals surface area contributed by atoms with Crippen LogP contribution in [-0.4, -0.2) is 54.2 Å². The predicted octanol–water partition coefficient (Wildman–Crippen LogP) is 4.51. The minimum absolute atomic E-state index is 0.179.